The summed E-state index contributed by atoms with van der Waals surface area (Å²) in [5, 5.41) is 4.69. The van der Waals surface area contributed by atoms with Crippen LogP contribution < -0.4 is 5.73 Å². The summed E-state index contributed by atoms with van der Waals surface area (Å²) in [7, 11) is 0. The fourth-order valence-corrected chi connectivity index (χ4v) is 4.39. The molecule has 0 radical (unpaired) electrons. The Labute approximate surface area is 162 Å². The summed E-state index contributed by atoms with van der Waals surface area (Å²) < 4.78 is 7.52. The molecule has 3 atom stereocenters. The van der Waals surface area contributed by atoms with Crippen LogP contribution in [-0.2, 0) is 9.53 Å². The van der Waals surface area contributed by atoms with E-state index in [2.05, 4.69) is 41.5 Å². The minimum Gasteiger partial charge on any atom is -0.493 e. The molecule has 2 aromatic rings. The number of nitrogens with two attached hydrogens (primary N) is 1. The molecule has 0 bridgehead atoms. The van der Waals surface area contributed by atoms with Crippen molar-refractivity contribution in [2.24, 2.45) is 11.7 Å². The molecule has 2 heterocycles. The Morgan fingerprint density at radius 3 is 2.74 bits per heavy atom. The van der Waals surface area contributed by atoms with Crippen LogP contribution >= 0.6 is 11.8 Å². The third kappa shape index (κ3) is 4.17. The van der Waals surface area contributed by atoms with E-state index in [1.807, 2.05) is 34.8 Å². The van der Waals surface area contributed by atoms with Crippen LogP contribution in [0.15, 0.2) is 83.8 Å². The van der Waals surface area contributed by atoms with Crippen LogP contribution in [0.1, 0.15) is 12.8 Å². The van der Waals surface area contributed by atoms with Gasteiger partial charge in [-0.3, -0.25) is 4.79 Å². The molecule has 138 valence electrons. The number of carbonyl (C=O) groups excluding carboxylic acids is 1. The van der Waals surface area contributed by atoms with Crippen LogP contribution in [0.3, 0.4) is 0 Å². The number of amides is 1. The number of rotatable bonds is 5. The molecule has 0 spiro atoms. The molecule has 0 saturated heterocycles. The Balaban J connectivity index is 1.36. The smallest absolute Gasteiger partial charge is 0.248 e. The summed E-state index contributed by atoms with van der Waals surface area (Å²) in [5.41, 5.74) is 6.95. The van der Waals surface area contributed by atoms with E-state index in [9.17, 15) is 4.79 Å². The van der Waals surface area contributed by atoms with Gasteiger partial charge in [-0.25, -0.2) is 4.68 Å². The first-order chi connectivity index (χ1) is 13.2. The molecule has 4 rings (SSSR count). The number of primary amides is 1. The molecule has 3 unspecified atom stereocenters. The first kappa shape index (κ1) is 17.7. The molecular formula is C21H21N3O2S. The van der Waals surface area contributed by atoms with Crippen LogP contribution in [0, 0.1) is 5.92 Å². The number of nitrogens with zero attached hydrogens (tertiary/aromatic N) is 2. The highest BCUT2D eigenvalue weighted by molar-refractivity contribution is 8.00. The van der Waals surface area contributed by atoms with E-state index in [0.29, 0.717) is 10.8 Å². The van der Waals surface area contributed by atoms with Gasteiger partial charge in [0.05, 0.1) is 11.9 Å². The molecule has 5 nitrogen and oxygen atoms in total. The fourth-order valence-electron chi connectivity index (χ4n) is 3.33. The highest BCUT2D eigenvalue weighted by atomic mass is 32.2. The lowest BCUT2D eigenvalue weighted by Crippen LogP contribution is -2.26. The average Bonchev–Trinajstić information content (AvgIpc) is 3.24. The fraction of sp³-hybridized carbons (Fsp3) is 0.238. The van der Waals surface area contributed by atoms with Crippen LogP contribution in [0.4, 0.5) is 0 Å². The number of hydrogen-bond acceptors (Lipinski definition) is 4. The zero-order chi connectivity index (χ0) is 18.6. The molecule has 1 aromatic carbocycles. The molecule has 2 N–H and O–H groups in total. The van der Waals surface area contributed by atoms with Gasteiger partial charge in [0.1, 0.15) is 6.10 Å². The Bertz CT molecular complexity index is 885. The second-order valence-corrected chi connectivity index (χ2v) is 7.93. The monoisotopic (exact) mass is 379 g/mol. The van der Waals surface area contributed by atoms with Gasteiger partial charge in [0, 0.05) is 34.0 Å². The number of carbonyl (C=O) groups is 1. The van der Waals surface area contributed by atoms with E-state index in [4.69, 9.17) is 10.5 Å². The molecule has 27 heavy (non-hydrogen) atoms. The summed E-state index contributed by atoms with van der Waals surface area (Å²) in [5.74, 6) is -0.144. The van der Waals surface area contributed by atoms with Gasteiger partial charge in [0.15, 0.2) is 0 Å². The summed E-state index contributed by atoms with van der Waals surface area (Å²) >= 11 is 1.86. The van der Waals surface area contributed by atoms with Gasteiger partial charge in [-0.2, -0.15) is 5.10 Å². The van der Waals surface area contributed by atoms with Gasteiger partial charge in [0.25, 0.3) is 0 Å². The van der Waals surface area contributed by atoms with Crippen LogP contribution in [0.2, 0.25) is 0 Å². The Kier molecular flexibility index (Phi) is 5.16. The van der Waals surface area contributed by atoms with Gasteiger partial charge >= 0.3 is 0 Å². The van der Waals surface area contributed by atoms with E-state index in [1.54, 1.807) is 18.5 Å². The van der Waals surface area contributed by atoms with Crippen molar-refractivity contribution in [1.29, 1.82) is 0 Å². The SMILES string of the molecule is NC(=O)C1=CC(C2C=CC(Sc3ccc(-n4cccn4)cc3)CC2)OC=C1. The number of thioether (sulfide) groups is 1. The first-order valence-corrected chi connectivity index (χ1v) is 9.86. The molecule has 1 aliphatic carbocycles. The molecule has 0 fully saturated rings. The summed E-state index contributed by atoms with van der Waals surface area (Å²) in [6.07, 6.45) is 15.2. The maximum Gasteiger partial charge on any atom is 0.248 e. The molecule has 0 saturated carbocycles. The van der Waals surface area contributed by atoms with Crippen molar-refractivity contribution in [1.82, 2.24) is 9.78 Å². The minimum atomic E-state index is -0.411. The zero-order valence-corrected chi connectivity index (χ0v) is 15.6. The van der Waals surface area contributed by atoms with Gasteiger partial charge in [0.2, 0.25) is 5.91 Å². The molecule has 2 aliphatic rings. The van der Waals surface area contributed by atoms with Crippen molar-refractivity contribution >= 4 is 17.7 Å². The van der Waals surface area contributed by atoms with E-state index in [0.717, 1.165) is 18.5 Å². The lowest BCUT2D eigenvalue weighted by atomic mass is 9.89. The Morgan fingerprint density at radius 2 is 2.07 bits per heavy atom. The van der Waals surface area contributed by atoms with E-state index < -0.39 is 5.91 Å². The van der Waals surface area contributed by atoms with Crippen molar-refractivity contribution in [2.75, 3.05) is 0 Å². The van der Waals surface area contributed by atoms with Gasteiger partial charge in [-0.15, -0.1) is 11.8 Å². The number of ether oxygens (including phenoxy) is 1. The van der Waals surface area contributed by atoms with Gasteiger partial charge in [-0.05, 0) is 55.3 Å². The minimum absolute atomic E-state index is 0.118. The van der Waals surface area contributed by atoms with Gasteiger partial charge < -0.3 is 10.5 Å². The second kappa shape index (κ2) is 7.88. The maximum absolute atomic E-state index is 11.4. The largest absolute Gasteiger partial charge is 0.493 e. The highest BCUT2D eigenvalue weighted by Crippen LogP contribution is 2.34. The van der Waals surface area contributed by atoms with Crippen LogP contribution in [0.5, 0.6) is 0 Å². The van der Waals surface area contributed by atoms with Crippen molar-refractivity contribution in [3.05, 3.63) is 78.9 Å². The van der Waals surface area contributed by atoms with Crippen molar-refractivity contribution < 1.29 is 9.53 Å². The summed E-state index contributed by atoms with van der Waals surface area (Å²) in [6.45, 7) is 0. The molecule has 6 heteroatoms. The van der Waals surface area contributed by atoms with Crippen molar-refractivity contribution in [3.63, 3.8) is 0 Å². The van der Waals surface area contributed by atoms with E-state index in [-0.39, 0.29) is 12.0 Å². The second-order valence-electron chi connectivity index (χ2n) is 6.62. The van der Waals surface area contributed by atoms with Crippen molar-refractivity contribution in [3.8, 4) is 5.69 Å². The maximum atomic E-state index is 11.4. The lowest BCUT2D eigenvalue weighted by Gasteiger charge is -2.28. The third-order valence-electron chi connectivity index (χ3n) is 4.78. The summed E-state index contributed by atoms with van der Waals surface area (Å²) in [4.78, 5) is 12.6. The third-order valence-corrected chi connectivity index (χ3v) is 6.02. The first-order valence-electron chi connectivity index (χ1n) is 8.98. The quantitative estimate of drug-likeness (QED) is 0.806. The lowest BCUT2D eigenvalue weighted by molar-refractivity contribution is -0.114. The molecular weight excluding hydrogens is 358 g/mol. The van der Waals surface area contributed by atoms with Crippen LogP contribution in [0.25, 0.3) is 5.69 Å². The average molecular weight is 379 g/mol. The molecule has 1 amide bonds. The predicted octanol–water partition coefficient (Wildman–Crippen LogP) is 3.62. The Morgan fingerprint density at radius 1 is 1.22 bits per heavy atom. The van der Waals surface area contributed by atoms with E-state index in [1.165, 1.54) is 4.90 Å². The van der Waals surface area contributed by atoms with Crippen LogP contribution in [-0.4, -0.2) is 27.0 Å². The Hall–Kier alpha value is -2.73. The topological polar surface area (TPSA) is 70.1 Å². The summed E-state index contributed by atoms with van der Waals surface area (Å²) in [6, 6.07) is 10.4. The number of aromatic nitrogens is 2. The van der Waals surface area contributed by atoms with Crippen molar-refractivity contribution in [2.45, 2.75) is 29.1 Å². The predicted molar refractivity (Wildman–Crippen MR) is 106 cm³/mol. The highest BCUT2D eigenvalue weighted by Gasteiger charge is 2.25. The number of hydrogen-bond donors (Lipinski definition) is 1. The standard InChI is InChI=1S/C21H21N3O2S/c22-21(25)16-10-13-26-20(14-16)15-2-6-18(7-3-15)27-19-8-4-17(5-9-19)24-12-1-11-23-24/h1-2,4-6,8-15,18,20H,3,7H2,(H2,22,25). The normalized spacial score (nSPS) is 24.3. The number of benzene rings is 1. The molecule has 1 aliphatic heterocycles. The van der Waals surface area contributed by atoms with E-state index >= 15 is 0 Å². The molecule has 1 aromatic heterocycles. The van der Waals surface area contributed by atoms with Gasteiger partial charge in [-0.1, -0.05) is 12.2 Å². The zero-order valence-electron chi connectivity index (χ0n) is 14.8.